The van der Waals surface area contributed by atoms with Crippen molar-refractivity contribution in [2.75, 3.05) is 0 Å². The molecule has 1 rings (SSSR count). The number of hydrogen-bond donors (Lipinski definition) is 2. The Morgan fingerprint density at radius 3 is 2.06 bits per heavy atom. The van der Waals surface area contributed by atoms with Gasteiger partial charge in [0, 0.05) is 5.56 Å². The van der Waals surface area contributed by atoms with Crippen LogP contribution in [0.25, 0.3) is 0 Å². The molecule has 0 aliphatic rings. The molecule has 0 atom stereocenters. The highest BCUT2D eigenvalue weighted by Gasteiger charge is 2.15. The van der Waals surface area contributed by atoms with Gasteiger partial charge in [-0.2, -0.15) is 0 Å². The largest absolute Gasteiger partial charge is 0.507 e. The van der Waals surface area contributed by atoms with Crippen molar-refractivity contribution in [3.63, 3.8) is 0 Å². The molecule has 0 aliphatic carbocycles. The summed E-state index contributed by atoms with van der Waals surface area (Å²) in [5.41, 5.74) is 4.44. The first-order valence-electron chi connectivity index (χ1n) is 6.06. The number of phenolic OH excluding ortho intramolecular Hbond substituents is 2. The second-order valence-corrected chi connectivity index (χ2v) is 4.66. The summed E-state index contributed by atoms with van der Waals surface area (Å²) in [6, 6.07) is 0. The van der Waals surface area contributed by atoms with Crippen molar-refractivity contribution in [3.05, 3.63) is 33.9 Å². The summed E-state index contributed by atoms with van der Waals surface area (Å²) in [5, 5.41) is 20.1. The van der Waals surface area contributed by atoms with E-state index in [1.54, 1.807) is 0 Å². The van der Waals surface area contributed by atoms with Crippen LogP contribution in [0.3, 0.4) is 0 Å². The quantitative estimate of drug-likeness (QED) is 0.614. The molecule has 0 saturated carbocycles. The summed E-state index contributed by atoms with van der Waals surface area (Å²) in [5.74, 6) is 0.621. The highest BCUT2D eigenvalue weighted by atomic mass is 16.3. The lowest BCUT2D eigenvalue weighted by Gasteiger charge is -2.15. The first-order chi connectivity index (χ1) is 7.90. The number of allylic oxidation sites excluding steroid dienone is 2. The van der Waals surface area contributed by atoms with Crippen molar-refractivity contribution in [2.45, 2.75) is 47.5 Å². The highest BCUT2D eigenvalue weighted by molar-refractivity contribution is 5.57. The number of hydrogen-bond acceptors (Lipinski definition) is 2. The van der Waals surface area contributed by atoms with E-state index in [0.29, 0.717) is 17.9 Å². The normalized spacial score (nSPS) is 11.9. The number of aromatic hydroxyl groups is 2. The number of rotatable bonds is 3. The third-order valence-corrected chi connectivity index (χ3v) is 3.58. The summed E-state index contributed by atoms with van der Waals surface area (Å²) in [7, 11) is 0. The van der Waals surface area contributed by atoms with Gasteiger partial charge in [-0.25, -0.2) is 0 Å². The summed E-state index contributed by atoms with van der Waals surface area (Å²) in [4.78, 5) is 0. The second kappa shape index (κ2) is 5.26. The second-order valence-electron chi connectivity index (χ2n) is 4.66. The van der Waals surface area contributed by atoms with Crippen LogP contribution in [-0.4, -0.2) is 10.2 Å². The number of benzene rings is 1. The predicted octanol–water partition coefficient (Wildman–Crippen LogP) is 3.92. The molecule has 0 unspecified atom stereocenters. The van der Waals surface area contributed by atoms with Gasteiger partial charge >= 0.3 is 0 Å². The van der Waals surface area contributed by atoms with E-state index >= 15 is 0 Å². The van der Waals surface area contributed by atoms with Gasteiger partial charge in [0.05, 0.1) is 0 Å². The van der Waals surface area contributed by atoms with Crippen molar-refractivity contribution < 1.29 is 10.2 Å². The molecule has 0 fully saturated rings. The van der Waals surface area contributed by atoms with Gasteiger partial charge in [0.2, 0.25) is 0 Å². The molecule has 0 aliphatic heterocycles. The Kier molecular flexibility index (Phi) is 4.22. The van der Waals surface area contributed by atoms with Crippen molar-refractivity contribution in [2.24, 2.45) is 0 Å². The third-order valence-electron chi connectivity index (χ3n) is 3.58. The van der Waals surface area contributed by atoms with Crippen LogP contribution in [0.4, 0.5) is 0 Å². The zero-order valence-corrected chi connectivity index (χ0v) is 11.4. The van der Waals surface area contributed by atoms with Crippen LogP contribution >= 0.6 is 0 Å². The third kappa shape index (κ3) is 2.63. The highest BCUT2D eigenvalue weighted by Crippen LogP contribution is 2.36. The molecule has 0 aromatic heterocycles. The molecule has 17 heavy (non-hydrogen) atoms. The van der Waals surface area contributed by atoms with E-state index in [2.05, 4.69) is 19.9 Å². The zero-order valence-electron chi connectivity index (χ0n) is 11.4. The fourth-order valence-electron chi connectivity index (χ4n) is 1.85. The van der Waals surface area contributed by atoms with Gasteiger partial charge < -0.3 is 10.2 Å². The molecule has 0 bridgehead atoms. The van der Waals surface area contributed by atoms with Crippen LogP contribution in [0.15, 0.2) is 11.6 Å². The summed E-state index contributed by atoms with van der Waals surface area (Å²) in [6.07, 6.45) is 3.79. The topological polar surface area (TPSA) is 40.5 Å². The average Bonchev–Trinajstić information content (AvgIpc) is 2.33. The Labute approximate surface area is 104 Å². The minimum absolute atomic E-state index is 0.304. The zero-order chi connectivity index (χ0) is 13.2. The van der Waals surface area contributed by atoms with Crippen LogP contribution in [0.2, 0.25) is 0 Å². The first kappa shape index (κ1) is 13.6. The fourth-order valence-corrected chi connectivity index (χ4v) is 1.85. The van der Waals surface area contributed by atoms with Crippen molar-refractivity contribution in [1.82, 2.24) is 0 Å². The average molecular weight is 234 g/mol. The Hall–Kier alpha value is -1.44. The molecule has 2 heteroatoms. The van der Waals surface area contributed by atoms with Crippen molar-refractivity contribution >= 4 is 0 Å². The van der Waals surface area contributed by atoms with Gasteiger partial charge in [0.25, 0.3) is 0 Å². The lowest BCUT2D eigenvalue weighted by atomic mass is 9.95. The Balaban J connectivity index is 3.25. The molecule has 1 aromatic carbocycles. The van der Waals surface area contributed by atoms with E-state index in [-0.39, 0.29) is 0 Å². The standard InChI is InChI=1S/C15H22O2/c1-6-9(2)7-8-13-12(5)14(16)10(3)11(4)15(13)17/h7,16-17H,6,8H2,1-5H3/b9-7+. The monoisotopic (exact) mass is 234 g/mol. The molecule has 2 nitrogen and oxygen atoms in total. The van der Waals surface area contributed by atoms with Crippen LogP contribution in [0.1, 0.15) is 42.5 Å². The molecule has 2 N–H and O–H groups in total. The molecule has 0 amide bonds. The molecule has 0 spiro atoms. The fraction of sp³-hybridized carbons (Fsp3) is 0.467. The minimum atomic E-state index is 0.304. The van der Waals surface area contributed by atoms with Gasteiger partial charge in [-0.15, -0.1) is 0 Å². The maximum Gasteiger partial charge on any atom is 0.122 e. The van der Waals surface area contributed by atoms with Gasteiger partial charge in [0.1, 0.15) is 11.5 Å². The van der Waals surface area contributed by atoms with E-state index in [0.717, 1.165) is 28.7 Å². The smallest absolute Gasteiger partial charge is 0.122 e. The van der Waals surface area contributed by atoms with Crippen LogP contribution < -0.4 is 0 Å². The summed E-state index contributed by atoms with van der Waals surface area (Å²) in [6.45, 7) is 9.70. The van der Waals surface area contributed by atoms with Gasteiger partial charge in [-0.05, 0) is 57.2 Å². The van der Waals surface area contributed by atoms with Crippen LogP contribution in [0.5, 0.6) is 11.5 Å². The molecule has 1 aromatic rings. The Morgan fingerprint density at radius 2 is 1.53 bits per heavy atom. The lowest BCUT2D eigenvalue weighted by Crippen LogP contribution is -1.96. The van der Waals surface area contributed by atoms with E-state index in [1.165, 1.54) is 5.57 Å². The molecule has 94 valence electrons. The van der Waals surface area contributed by atoms with Crippen molar-refractivity contribution in [3.8, 4) is 11.5 Å². The van der Waals surface area contributed by atoms with Gasteiger partial charge in [0.15, 0.2) is 0 Å². The molecule has 0 saturated heterocycles. The predicted molar refractivity (Wildman–Crippen MR) is 71.7 cm³/mol. The van der Waals surface area contributed by atoms with E-state index in [1.807, 2.05) is 20.8 Å². The maximum atomic E-state index is 10.1. The Bertz CT molecular complexity index is 427. The SMILES string of the molecule is CC/C(C)=C/Cc1c(C)c(O)c(C)c(C)c1O. The van der Waals surface area contributed by atoms with E-state index in [9.17, 15) is 10.2 Å². The summed E-state index contributed by atoms with van der Waals surface area (Å²) < 4.78 is 0. The van der Waals surface area contributed by atoms with E-state index in [4.69, 9.17) is 0 Å². The maximum absolute atomic E-state index is 10.1. The lowest BCUT2D eigenvalue weighted by molar-refractivity contribution is 0.444. The molecule has 0 radical (unpaired) electrons. The first-order valence-corrected chi connectivity index (χ1v) is 6.06. The molecular weight excluding hydrogens is 212 g/mol. The van der Waals surface area contributed by atoms with E-state index < -0.39 is 0 Å². The van der Waals surface area contributed by atoms with Gasteiger partial charge in [-0.3, -0.25) is 0 Å². The Morgan fingerprint density at radius 1 is 1.00 bits per heavy atom. The minimum Gasteiger partial charge on any atom is -0.507 e. The van der Waals surface area contributed by atoms with Gasteiger partial charge in [-0.1, -0.05) is 18.6 Å². The number of phenols is 2. The summed E-state index contributed by atoms with van der Waals surface area (Å²) >= 11 is 0. The van der Waals surface area contributed by atoms with Crippen LogP contribution in [-0.2, 0) is 6.42 Å². The molecule has 0 heterocycles. The molecular formula is C15H22O2. The van der Waals surface area contributed by atoms with Crippen molar-refractivity contribution in [1.29, 1.82) is 0 Å². The van der Waals surface area contributed by atoms with Crippen LogP contribution in [0, 0.1) is 20.8 Å².